The molecule has 2 N–H and O–H groups in total. The molecule has 5 rings (SSSR count). The Balaban J connectivity index is 1.44. The maximum absolute atomic E-state index is 12.4. The van der Waals surface area contributed by atoms with E-state index in [9.17, 15) is 9.90 Å². The van der Waals surface area contributed by atoms with Crippen molar-refractivity contribution in [1.82, 2.24) is 25.3 Å². The number of carbonyl (C=O) groups is 1. The van der Waals surface area contributed by atoms with Crippen LogP contribution in [0, 0.1) is 26.2 Å². The zero-order valence-corrected chi connectivity index (χ0v) is 26.5. The number of carbonyl (C=O) groups excluding carboxylic acids is 1. The maximum Gasteiger partial charge on any atom is 0.410 e. The van der Waals surface area contributed by atoms with Crippen molar-refractivity contribution in [3.8, 4) is 28.4 Å². The van der Waals surface area contributed by atoms with E-state index in [1.165, 1.54) is 0 Å². The lowest BCUT2D eigenvalue weighted by Crippen LogP contribution is -2.61. The van der Waals surface area contributed by atoms with Gasteiger partial charge in [-0.05, 0) is 72.7 Å². The van der Waals surface area contributed by atoms with E-state index in [-0.39, 0.29) is 24.2 Å². The first kappa shape index (κ1) is 31.0. The number of likely N-dealkylation sites (N-methyl/N-ethyl adjacent to an activating group) is 1. The topological polar surface area (TPSA) is 126 Å². The van der Waals surface area contributed by atoms with Gasteiger partial charge >= 0.3 is 6.09 Å². The smallest absolute Gasteiger partial charge is 0.410 e. The molecule has 2 saturated heterocycles. The van der Waals surface area contributed by atoms with E-state index in [1.807, 2.05) is 45.6 Å². The molecule has 12 heteroatoms. The molecule has 0 radical (unpaired) electrons. The molecule has 232 valence electrons. The number of amides is 1. The number of hydrogen-bond acceptors (Lipinski definition) is 10. The molecule has 2 aliphatic rings. The highest BCUT2D eigenvalue weighted by molar-refractivity contribution is 6.33. The monoisotopic (exact) mass is 612 g/mol. The van der Waals surface area contributed by atoms with Crippen LogP contribution in [0.25, 0.3) is 22.6 Å². The third-order valence-electron chi connectivity index (χ3n) is 8.22. The number of aliphatic hydroxyl groups is 1. The molecule has 0 aliphatic carbocycles. The van der Waals surface area contributed by atoms with Crippen molar-refractivity contribution < 1.29 is 23.9 Å². The number of ether oxygens (including phenoxy) is 2. The number of halogens is 1. The number of piperidine rings is 1. The predicted molar refractivity (Wildman–Crippen MR) is 165 cm³/mol. The number of rotatable bonds is 9. The first-order valence-corrected chi connectivity index (χ1v) is 15.2. The summed E-state index contributed by atoms with van der Waals surface area (Å²) in [6.45, 7) is 13.1. The quantitative estimate of drug-likeness (QED) is 0.348. The third kappa shape index (κ3) is 6.58. The Morgan fingerprint density at radius 3 is 2.53 bits per heavy atom. The molecular weight excluding hydrogens is 572 g/mol. The molecule has 0 saturated carbocycles. The third-order valence-corrected chi connectivity index (χ3v) is 8.55. The van der Waals surface area contributed by atoms with Gasteiger partial charge in [-0.15, -0.1) is 0 Å². The lowest BCUT2D eigenvalue weighted by Gasteiger charge is -2.54. The van der Waals surface area contributed by atoms with E-state index in [0.717, 1.165) is 54.3 Å². The standard InChI is InChI=1S/C31H41ClN6O5/c1-18(2)42-30(40)37-11-9-31(10-12-37)16-38(17-31)29-19(3)27(26-20(4)36-43-21(26)5)34-28(35-29)24-13-23(7-8-25(24)32)41-15-22(39)14-33-6/h7-8,13,18,22,33,39H,9-12,14-17H2,1-6H3. The molecule has 2 aromatic heterocycles. The Hall–Kier alpha value is -3.41. The van der Waals surface area contributed by atoms with Crippen LogP contribution in [0.2, 0.25) is 5.02 Å². The summed E-state index contributed by atoms with van der Waals surface area (Å²) in [5.41, 5.74) is 4.02. The zero-order valence-electron chi connectivity index (χ0n) is 25.7. The number of aromatic nitrogens is 3. The van der Waals surface area contributed by atoms with Gasteiger partial charge in [0.2, 0.25) is 0 Å². The highest BCUT2D eigenvalue weighted by atomic mass is 35.5. The second-order valence-corrected chi connectivity index (χ2v) is 12.4. The van der Waals surface area contributed by atoms with Crippen molar-refractivity contribution in [2.24, 2.45) is 5.41 Å². The van der Waals surface area contributed by atoms with Crippen molar-refractivity contribution >= 4 is 23.5 Å². The van der Waals surface area contributed by atoms with E-state index >= 15 is 0 Å². The fourth-order valence-corrected chi connectivity index (χ4v) is 6.12. The van der Waals surface area contributed by atoms with Crippen LogP contribution in [0.1, 0.15) is 43.7 Å². The van der Waals surface area contributed by atoms with Crippen LogP contribution in [-0.4, -0.2) is 89.8 Å². The number of benzene rings is 1. The number of nitrogens with one attached hydrogen (secondary N) is 1. The highest BCUT2D eigenvalue weighted by Crippen LogP contribution is 2.45. The Morgan fingerprint density at radius 1 is 1.19 bits per heavy atom. The summed E-state index contributed by atoms with van der Waals surface area (Å²) in [4.78, 5) is 26.6. The van der Waals surface area contributed by atoms with Crippen LogP contribution >= 0.6 is 11.6 Å². The average Bonchev–Trinajstić information content (AvgIpc) is 3.28. The van der Waals surface area contributed by atoms with Gasteiger partial charge in [-0.3, -0.25) is 0 Å². The van der Waals surface area contributed by atoms with Gasteiger partial charge in [-0.25, -0.2) is 14.8 Å². The molecular formula is C31H41ClN6O5. The molecule has 1 amide bonds. The lowest BCUT2D eigenvalue weighted by molar-refractivity contribution is 0.0396. The Bertz CT molecular complexity index is 1440. The SMILES string of the molecule is CNCC(O)COc1ccc(Cl)c(-c2nc(-c3c(C)noc3C)c(C)c(N3CC4(CCN(C(=O)OC(C)C)CC4)C3)n2)c1. The molecule has 2 fully saturated rings. The first-order chi connectivity index (χ1) is 20.5. The van der Waals surface area contributed by atoms with Gasteiger partial charge in [0.15, 0.2) is 5.82 Å². The van der Waals surface area contributed by atoms with Crippen molar-refractivity contribution in [1.29, 1.82) is 0 Å². The Labute approximate surface area is 257 Å². The molecule has 3 aromatic rings. The summed E-state index contributed by atoms with van der Waals surface area (Å²) in [5.74, 6) is 2.54. The van der Waals surface area contributed by atoms with Gasteiger partial charge in [0.05, 0.1) is 28.1 Å². The van der Waals surface area contributed by atoms with Gasteiger partial charge < -0.3 is 34.2 Å². The van der Waals surface area contributed by atoms with Gasteiger partial charge in [-0.1, -0.05) is 16.8 Å². The molecule has 1 unspecified atom stereocenters. The van der Waals surface area contributed by atoms with Crippen molar-refractivity contribution in [2.45, 2.75) is 59.7 Å². The predicted octanol–water partition coefficient (Wildman–Crippen LogP) is 4.78. The van der Waals surface area contributed by atoms with Crippen LogP contribution in [0.3, 0.4) is 0 Å². The summed E-state index contributed by atoms with van der Waals surface area (Å²) < 4.78 is 16.8. The average molecular weight is 613 g/mol. The minimum atomic E-state index is -0.649. The Kier molecular flexibility index (Phi) is 9.15. The number of hydrogen-bond donors (Lipinski definition) is 2. The van der Waals surface area contributed by atoms with Crippen LogP contribution in [0.5, 0.6) is 5.75 Å². The largest absolute Gasteiger partial charge is 0.491 e. The zero-order chi connectivity index (χ0) is 30.9. The lowest BCUT2D eigenvalue weighted by atomic mass is 9.72. The highest BCUT2D eigenvalue weighted by Gasteiger charge is 2.47. The number of nitrogens with zero attached hydrogens (tertiary/aromatic N) is 5. The van der Waals surface area contributed by atoms with Crippen molar-refractivity contribution in [3.05, 3.63) is 40.2 Å². The minimum absolute atomic E-state index is 0.120. The maximum atomic E-state index is 12.4. The molecule has 0 bridgehead atoms. The summed E-state index contributed by atoms with van der Waals surface area (Å²) in [6.07, 6.45) is 0.810. The second kappa shape index (κ2) is 12.7. The molecule has 1 atom stereocenters. The minimum Gasteiger partial charge on any atom is -0.491 e. The van der Waals surface area contributed by atoms with Crippen LogP contribution in [0.15, 0.2) is 22.7 Å². The van der Waals surface area contributed by atoms with Crippen molar-refractivity contribution in [3.63, 3.8) is 0 Å². The van der Waals surface area contributed by atoms with E-state index in [4.69, 9.17) is 35.6 Å². The Morgan fingerprint density at radius 2 is 1.91 bits per heavy atom. The molecule has 11 nitrogen and oxygen atoms in total. The van der Waals surface area contributed by atoms with Crippen LogP contribution in [-0.2, 0) is 4.74 Å². The summed E-state index contributed by atoms with van der Waals surface area (Å²) in [6, 6.07) is 5.33. The molecule has 1 spiro atoms. The first-order valence-electron chi connectivity index (χ1n) is 14.8. The van der Waals surface area contributed by atoms with Crippen LogP contribution < -0.4 is 15.0 Å². The molecule has 2 aliphatic heterocycles. The number of likely N-dealkylation sites (tertiary alicyclic amines) is 1. The number of anilines is 1. The summed E-state index contributed by atoms with van der Waals surface area (Å²) in [7, 11) is 1.78. The van der Waals surface area contributed by atoms with Gasteiger partial charge in [-0.2, -0.15) is 0 Å². The molecule has 1 aromatic carbocycles. The van der Waals surface area contributed by atoms with E-state index in [0.29, 0.717) is 47.6 Å². The molecule has 4 heterocycles. The second-order valence-electron chi connectivity index (χ2n) is 12.0. The van der Waals surface area contributed by atoms with Gasteiger partial charge in [0, 0.05) is 49.3 Å². The summed E-state index contributed by atoms with van der Waals surface area (Å²) in [5, 5.41) is 17.7. The summed E-state index contributed by atoms with van der Waals surface area (Å²) >= 11 is 6.71. The van der Waals surface area contributed by atoms with Gasteiger partial charge in [0.25, 0.3) is 0 Å². The van der Waals surface area contributed by atoms with Crippen molar-refractivity contribution in [2.75, 3.05) is 51.3 Å². The van der Waals surface area contributed by atoms with Gasteiger partial charge in [0.1, 0.15) is 30.0 Å². The van der Waals surface area contributed by atoms with E-state index in [1.54, 1.807) is 19.2 Å². The van der Waals surface area contributed by atoms with E-state index in [2.05, 4.69) is 15.4 Å². The fraction of sp³-hybridized carbons (Fsp3) is 0.548. The molecule has 43 heavy (non-hydrogen) atoms. The normalized spacial score (nSPS) is 16.9. The fourth-order valence-electron chi connectivity index (χ4n) is 5.92. The van der Waals surface area contributed by atoms with Crippen LogP contribution in [0.4, 0.5) is 10.6 Å². The number of aliphatic hydroxyl groups excluding tert-OH is 1. The van der Waals surface area contributed by atoms with E-state index < -0.39 is 6.10 Å². The number of aryl methyl sites for hydroxylation is 2.